The molecule has 1 N–H and O–H groups in total. The number of aromatic nitrogens is 4. The molecule has 0 bridgehead atoms. The summed E-state index contributed by atoms with van der Waals surface area (Å²) < 4.78 is 2.08. The van der Waals surface area contributed by atoms with Gasteiger partial charge in [0.2, 0.25) is 0 Å². The van der Waals surface area contributed by atoms with Crippen LogP contribution >= 0.6 is 0 Å². The first-order valence-corrected chi connectivity index (χ1v) is 8.92. The highest BCUT2D eigenvalue weighted by Gasteiger charge is 2.26. The van der Waals surface area contributed by atoms with Crippen LogP contribution in [0.4, 0.5) is 0 Å². The highest BCUT2D eigenvalue weighted by molar-refractivity contribution is 5.52. The molecule has 0 spiro atoms. The fourth-order valence-corrected chi connectivity index (χ4v) is 3.13. The Morgan fingerprint density at radius 3 is 2.71 bits per heavy atom. The van der Waals surface area contributed by atoms with E-state index in [1.807, 2.05) is 0 Å². The van der Waals surface area contributed by atoms with Crippen molar-refractivity contribution < 1.29 is 0 Å². The zero-order chi connectivity index (χ0) is 16.5. The van der Waals surface area contributed by atoms with Crippen molar-refractivity contribution in [3.05, 3.63) is 59.5 Å². The van der Waals surface area contributed by atoms with Crippen LogP contribution in [0, 0.1) is 5.92 Å². The van der Waals surface area contributed by atoms with Crippen molar-refractivity contribution in [1.29, 1.82) is 0 Å². The van der Waals surface area contributed by atoms with Crippen molar-refractivity contribution in [2.75, 3.05) is 0 Å². The number of H-pyrrole nitrogens is 1. The van der Waals surface area contributed by atoms with Crippen LogP contribution in [0.3, 0.4) is 0 Å². The first kappa shape index (κ1) is 15.2. The van der Waals surface area contributed by atoms with E-state index < -0.39 is 0 Å². The fourth-order valence-electron chi connectivity index (χ4n) is 3.13. The van der Waals surface area contributed by atoms with Gasteiger partial charge < -0.3 is 4.98 Å². The summed E-state index contributed by atoms with van der Waals surface area (Å²) in [5.74, 6) is 2.71. The predicted molar refractivity (Wildman–Crippen MR) is 95.9 cm³/mol. The SMILES string of the molecule is CCc1c[nH]c(-c2nc(CC3CC3)nn2C(C)c2ccccc2)c1. The van der Waals surface area contributed by atoms with Gasteiger partial charge in [-0.2, -0.15) is 5.10 Å². The number of nitrogens with zero attached hydrogens (tertiary/aromatic N) is 3. The van der Waals surface area contributed by atoms with E-state index in [0.29, 0.717) is 0 Å². The van der Waals surface area contributed by atoms with Gasteiger partial charge in [-0.25, -0.2) is 9.67 Å². The summed E-state index contributed by atoms with van der Waals surface area (Å²) in [6, 6.07) is 12.9. The molecule has 0 aliphatic heterocycles. The van der Waals surface area contributed by atoms with Gasteiger partial charge in [-0.3, -0.25) is 0 Å². The van der Waals surface area contributed by atoms with Gasteiger partial charge in [0.25, 0.3) is 0 Å². The van der Waals surface area contributed by atoms with Crippen molar-refractivity contribution in [1.82, 2.24) is 19.7 Å². The maximum atomic E-state index is 4.88. The van der Waals surface area contributed by atoms with Gasteiger partial charge in [0.05, 0.1) is 11.7 Å². The van der Waals surface area contributed by atoms with Crippen molar-refractivity contribution in [2.45, 2.75) is 45.6 Å². The number of hydrogen-bond donors (Lipinski definition) is 1. The first-order valence-electron chi connectivity index (χ1n) is 8.92. The molecule has 3 aromatic rings. The van der Waals surface area contributed by atoms with Crippen molar-refractivity contribution in [3.63, 3.8) is 0 Å². The van der Waals surface area contributed by atoms with E-state index in [2.05, 4.69) is 66.1 Å². The Balaban J connectivity index is 1.73. The third kappa shape index (κ3) is 3.01. The molecule has 4 heteroatoms. The van der Waals surface area contributed by atoms with Crippen LogP contribution in [-0.4, -0.2) is 19.7 Å². The van der Waals surface area contributed by atoms with Gasteiger partial charge in [-0.1, -0.05) is 37.3 Å². The molecule has 1 saturated carbocycles. The molecule has 1 aliphatic carbocycles. The zero-order valence-electron chi connectivity index (χ0n) is 14.4. The van der Waals surface area contributed by atoms with Gasteiger partial charge in [0.15, 0.2) is 11.6 Å². The van der Waals surface area contributed by atoms with E-state index >= 15 is 0 Å². The van der Waals surface area contributed by atoms with E-state index in [1.54, 1.807) is 0 Å². The number of aryl methyl sites for hydroxylation is 1. The minimum atomic E-state index is 0.162. The zero-order valence-corrected chi connectivity index (χ0v) is 14.4. The standard InChI is InChI=1S/C20H24N4/c1-3-15-11-18(21-13-15)20-22-19(12-16-9-10-16)23-24(20)14(2)17-7-5-4-6-8-17/h4-8,11,13-14,16,21H,3,9-10,12H2,1-2H3. The molecule has 0 radical (unpaired) electrons. The third-order valence-electron chi connectivity index (χ3n) is 4.88. The second-order valence-corrected chi connectivity index (χ2v) is 6.81. The van der Waals surface area contributed by atoms with Gasteiger partial charge in [0.1, 0.15) is 0 Å². The average molecular weight is 320 g/mol. The van der Waals surface area contributed by atoms with Gasteiger partial charge in [-0.05, 0) is 49.3 Å². The molecule has 4 rings (SSSR count). The Morgan fingerprint density at radius 1 is 1.25 bits per heavy atom. The first-order chi connectivity index (χ1) is 11.7. The number of hydrogen-bond acceptors (Lipinski definition) is 2. The van der Waals surface area contributed by atoms with Crippen LogP contribution in [-0.2, 0) is 12.8 Å². The Labute approximate surface area is 142 Å². The second kappa shape index (κ2) is 6.27. The number of rotatable bonds is 6. The van der Waals surface area contributed by atoms with Crippen LogP contribution in [0.15, 0.2) is 42.6 Å². The lowest BCUT2D eigenvalue weighted by Gasteiger charge is -2.14. The Hall–Kier alpha value is -2.36. The number of aromatic amines is 1. The summed E-state index contributed by atoms with van der Waals surface area (Å²) in [5.41, 5.74) is 3.61. The average Bonchev–Trinajstić information content (AvgIpc) is 3.13. The molecule has 1 atom stereocenters. The van der Waals surface area contributed by atoms with Crippen LogP contribution in [0.25, 0.3) is 11.5 Å². The van der Waals surface area contributed by atoms with Crippen LogP contribution in [0.5, 0.6) is 0 Å². The summed E-state index contributed by atoms with van der Waals surface area (Å²) in [7, 11) is 0. The summed E-state index contributed by atoms with van der Waals surface area (Å²) in [5, 5.41) is 4.86. The van der Waals surface area contributed by atoms with Crippen molar-refractivity contribution in [3.8, 4) is 11.5 Å². The fraction of sp³-hybridized carbons (Fsp3) is 0.400. The smallest absolute Gasteiger partial charge is 0.175 e. The Kier molecular flexibility index (Phi) is 3.97. The summed E-state index contributed by atoms with van der Waals surface area (Å²) in [4.78, 5) is 8.25. The minimum Gasteiger partial charge on any atom is -0.358 e. The molecular formula is C20H24N4. The molecule has 4 nitrogen and oxygen atoms in total. The Bertz CT molecular complexity index is 811. The third-order valence-corrected chi connectivity index (χ3v) is 4.88. The highest BCUT2D eigenvalue weighted by Crippen LogP contribution is 2.33. The molecule has 1 aromatic carbocycles. The van der Waals surface area contributed by atoms with E-state index in [4.69, 9.17) is 10.1 Å². The lowest BCUT2D eigenvalue weighted by atomic mass is 10.1. The molecule has 124 valence electrons. The maximum Gasteiger partial charge on any atom is 0.175 e. The monoisotopic (exact) mass is 320 g/mol. The molecule has 24 heavy (non-hydrogen) atoms. The van der Waals surface area contributed by atoms with Crippen LogP contribution < -0.4 is 0 Å². The van der Waals surface area contributed by atoms with Gasteiger partial charge in [0, 0.05) is 12.6 Å². The lowest BCUT2D eigenvalue weighted by molar-refractivity contribution is 0.559. The lowest BCUT2D eigenvalue weighted by Crippen LogP contribution is -2.10. The van der Waals surface area contributed by atoms with E-state index in [-0.39, 0.29) is 6.04 Å². The molecule has 0 amide bonds. The summed E-state index contributed by atoms with van der Waals surface area (Å²) >= 11 is 0. The molecule has 1 fully saturated rings. The molecule has 0 saturated heterocycles. The summed E-state index contributed by atoms with van der Waals surface area (Å²) in [6.07, 6.45) is 6.74. The topological polar surface area (TPSA) is 46.5 Å². The normalized spacial score (nSPS) is 15.6. The van der Waals surface area contributed by atoms with Gasteiger partial charge >= 0.3 is 0 Å². The van der Waals surface area contributed by atoms with E-state index in [1.165, 1.54) is 24.0 Å². The van der Waals surface area contributed by atoms with Crippen LogP contribution in [0.2, 0.25) is 0 Å². The van der Waals surface area contributed by atoms with Crippen molar-refractivity contribution >= 4 is 0 Å². The quantitative estimate of drug-likeness (QED) is 0.732. The second-order valence-electron chi connectivity index (χ2n) is 6.81. The maximum absolute atomic E-state index is 4.88. The minimum absolute atomic E-state index is 0.162. The largest absolute Gasteiger partial charge is 0.358 e. The van der Waals surface area contributed by atoms with Gasteiger partial charge in [-0.15, -0.1) is 0 Å². The van der Waals surface area contributed by atoms with E-state index in [9.17, 15) is 0 Å². The number of nitrogens with one attached hydrogen (secondary N) is 1. The highest BCUT2D eigenvalue weighted by atomic mass is 15.4. The van der Waals surface area contributed by atoms with Crippen molar-refractivity contribution in [2.24, 2.45) is 5.92 Å². The molecule has 2 heterocycles. The Morgan fingerprint density at radius 2 is 2.04 bits per heavy atom. The number of benzene rings is 1. The summed E-state index contributed by atoms with van der Waals surface area (Å²) in [6.45, 7) is 4.36. The van der Waals surface area contributed by atoms with E-state index in [0.717, 1.165) is 36.1 Å². The molecule has 2 aromatic heterocycles. The van der Waals surface area contributed by atoms with Crippen LogP contribution in [0.1, 0.15) is 49.7 Å². The molecule has 1 aliphatic rings. The molecule has 1 unspecified atom stereocenters. The predicted octanol–water partition coefficient (Wildman–Crippen LogP) is 4.40. The molecular weight excluding hydrogens is 296 g/mol.